The fourth-order valence-electron chi connectivity index (χ4n) is 0.984. The molecular formula is C9H9F2N3O. The molecule has 0 unspecified atom stereocenters. The molecule has 0 bridgehead atoms. The van der Waals surface area contributed by atoms with E-state index in [4.69, 9.17) is 0 Å². The van der Waals surface area contributed by atoms with E-state index in [0.29, 0.717) is 0 Å². The van der Waals surface area contributed by atoms with Gasteiger partial charge in [0.2, 0.25) is 0 Å². The lowest BCUT2D eigenvalue weighted by Crippen LogP contribution is -2.21. The Labute approximate surface area is 85.1 Å². The van der Waals surface area contributed by atoms with Gasteiger partial charge in [-0.05, 0) is 12.8 Å². The lowest BCUT2D eigenvalue weighted by molar-refractivity contribution is -0.115. The van der Waals surface area contributed by atoms with Gasteiger partial charge in [-0.2, -0.15) is 5.10 Å². The molecular weight excluding hydrogens is 204 g/mol. The van der Waals surface area contributed by atoms with E-state index in [-0.39, 0.29) is 17.8 Å². The number of carbonyl (C=O) groups excluding carboxylic acids is 1. The number of nitrogens with one attached hydrogen (secondary N) is 2. The van der Waals surface area contributed by atoms with Crippen LogP contribution in [0.1, 0.15) is 24.6 Å². The number of H-pyrrole nitrogens is 1. The van der Waals surface area contributed by atoms with Crippen LogP contribution >= 0.6 is 0 Å². The second kappa shape index (κ2) is 5.10. The van der Waals surface area contributed by atoms with Crippen molar-refractivity contribution in [2.75, 3.05) is 0 Å². The van der Waals surface area contributed by atoms with Crippen LogP contribution in [-0.4, -0.2) is 16.1 Å². The number of aromatic amines is 1. The van der Waals surface area contributed by atoms with Crippen LogP contribution in [0.3, 0.4) is 0 Å². The molecule has 0 radical (unpaired) electrons. The Kier molecular flexibility index (Phi) is 3.80. The molecule has 80 valence electrons. The van der Waals surface area contributed by atoms with Gasteiger partial charge in [-0.1, -0.05) is 5.92 Å². The minimum atomic E-state index is -2.63. The maximum absolute atomic E-state index is 12.3. The molecule has 0 aliphatic carbocycles. The predicted octanol–water partition coefficient (Wildman–Crippen LogP) is 0.987. The molecule has 0 saturated heterocycles. The van der Waals surface area contributed by atoms with Crippen LogP contribution in [0.25, 0.3) is 0 Å². The van der Waals surface area contributed by atoms with Gasteiger partial charge in [0, 0.05) is 12.1 Å². The van der Waals surface area contributed by atoms with Gasteiger partial charge in [-0.3, -0.25) is 9.89 Å². The van der Waals surface area contributed by atoms with Crippen LogP contribution in [0.4, 0.5) is 8.78 Å². The summed E-state index contributed by atoms with van der Waals surface area (Å²) in [6.07, 6.45) is -1.38. The molecule has 0 aliphatic rings. The first-order valence-electron chi connectivity index (χ1n) is 4.16. The van der Waals surface area contributed by atoms with E-state index in [1.807, 2.05) is 0 Å². The van der Waals surface area contributed by atoms with E-state index in [2.05, 4.69) is 27.4 Å². The van der Waals surface area contributed by atoms with Gasteiger partial charge in [0.25, 0.3) is 12.3 Å². The van der Waals surface area contributed by atoms with Crippen LogP contribution in [0.2, 0.25) is 0 Å². The average molecular weight is 213 g/mol. The Bertz CT molecular complexity index is 403. The molecule has 1 aromatic heterocycles. The number of hydrogen-bond acceptors (Lipinski definition) is 2. The summed E-state index contributed by atoms with van der Waals surface area (Å²) in [6, 6.07) is 0. The van der Waals surface area contributed by atoms with Crippen molar-refractivity contribution in [2.24, 2.45) is 0 Å². The highest BCUT2D eigenvalue weighted by Crippen LogP contribution is 2.19. The summed E-state index contributed by atoms with van der Waals surface area (Å²) in [5, 5.41) is 8.02. The maximum Gasteiger partial charge on any atom is 0.296 e. The number of carbonyl (C=O) groups is 1. The number of amides is 1. The smallest absolute Gasteiger partial charge is 0.296 e. The van der Waals surface area contributed by atoms with E-state index >= 15 is 0 Å². The van der Waals surface area contributed by atoms with Gasteiger partial charge in [0.05, 0.1) is 6.20 Å². The molecule has 1 aromatic rings. The molecule has 1 amide bonds. The summed E-state index contributed by atoms with van der Waals surface area (Å²) in [7, 11) is 0. The molecule has 2 N–H and O–H groups in total. The van der Waals surface area contributed by atoms with Gasteiger partial charge >= 0.3 is 0 Å². The van der Waals surface area contributed by atoms with Crippen molar-refractivity contribution in [3.8, 4) is 11.8 Å². The van der Waals surface area contributed by atoms with E-state index in [9.17, 15) is 13.6 Å². The summed E-state index contributed by atoms with van der Waals surface area (Å²) in [6.45, 7) is 1.51. The Hall–Kier alpha value is -1.90. The standard InChI is InChI=1S/C9H9F2N3O/c1-2-3-7(15)12-4-6-5-13-14-8(6)9(10)11/h5,9H,4H2,1H3,(H,12,15)(H,13,14). The normalized spacial score (nSPS) is 9.60. The average Bonchev–Trinajstić information content (AvgIpc) is 2.63. The van der Waals surface area contributed by atoms with Crippen molar-refractivity contribution in [2.45, 2.75) is 19.9 Å². The number of nitrogens with zero attached hydrogens (tertiary/aromatic N) is 1. The summed E-state index contributed by atoms with van der Waals surface area (Å²) >= 11 is 0. The molecule has 0 spiro atoms. The van der Waals surface area contributed by atoms with Gasteiger partial charge < -0.3 is 5.32 Å². The van der Waals surface area contributed by atoms with Gasteiger partial charge in [0.15, 0.2) is 0 Å². The fourth-order valence-corrected chi connectivity index (χ4v) is 0.984. The highest BCUT2D eigenvalue weighted by atomic mass is 19.3. The fraction of sp³-hybridized carbons (Fsp3) is 0.333. The Morgan fingerprint density at radius 2 is 2.47 bits per heavy atom. The molecule has 0 aromatic carbocycles. The number of rotatable bonds is 3. The summed E-state index contributed by atoms with van der Waals surface area (Å²) in [4.78, 5) is 10.9. The molecule has 15 heavy (non-hydrogen) atoms. The van der Waals surface area contributed by atoms with Crippen molar-refractivity contribution in [3.63, 3.8) is 0 Å². The molecule has 1 heterocycles. The van der Waals surface area contributed by atoms with Crippen LogP contribution in [-0.2, 0) is 11.3 Å². The van der Waals surface area contributed by atoms with Crippen molar-refractivity contribution < 1.29 is 13.6 Å². The number of halogens is 2. The largest absolute Gasteiger partial charge is 0.341 e. The highest BCUT2D eigenvalue weighted by molar-refractivity contribution is 5.93. The third-order valence-corrected chi connectivity index (χ3v) is 1.65. The Morgan fingerprint density at radius 1 is 1.73 bits per heavy atom. The van der Waals surface area contributed by atoms with Gasteiger partial charge in [0.1, 0.15) is 5.69 Å². The van der Waals surface area contributed by atoms with E-state index in [1.165, 1.54) is 13.1 Å². The molecule has 0 fully saturated rings. The van der Waals surface area contributed by atoms with E-state index in [1.54, 1.807) is 0 Å². The molecule has 0 atom stereocenters. The summed E-state index contributed by atoms with van der Waals surface area (Å²) in [5.74, 6) is 4.14. The zero-order valence-electron chi connectivity index (χ0n) is 7.97. The van der Waals surface area contributed by atoms with Crippen LogP contribution < -0.4 is 5.32 Å². The quantitative estimate of drug-likeness (QED) is 0.735. The minimum absolute atomic E-state index is 0.0102. The van der Waals surface area contributed by atoms with Crippen molar-refractivity contribution in [3.05, 3.63) is 17.5 Å². The van der Waals surface area contributed by atoms with Crippen LogP contribution in [0, 0.1) is 11.8 Å². The summed E-state index contributed by atoms with van der Waals surface area (Å²) in [5.41, 5.74) is -0.0176. The molecule has 0 aliphatic heterocycles. The highest BCUT2D eigenvalue weighted by Gasteiger charge is 2.14. The second-order valence-corrected chi connectivity index (χ2v) is 2.67. The Morgan fingerprint density at radius 3 is 3.07 bits per heavy atom. The zero-order valence-corrected chi connectivity index (χ0v) is 7.97. The predicted molar refractivity (Wildman–Crippen MR) is 48.8 cm³/mol. The first-order valence-corrected chi connectivity index (χ1v) is 4.16. The zero-order chi connectivity index (χ0) is 11.3. The monoisotopic (exact) mass is 213 g/mol. The van der Waals surface area contributed by atoms with Crippen molar-refractivity contribution >= 4 is 5.91 Å². The second-order valence-electron chi connectivity index (χ2n) is 2.67. The van der Waals surface area contributed by atoms with Crippen molar-refractivity contribution in [1.29, 1.82) is 0 Å². The first-order chi connectivity index (χ1) is 7.15. The SMILES string of the molecule is CC#CC(=O)NCc1cn[nH]c1C(F)F. The van der Waals surface area contributed by atoms with Gasteiger partial charge in [-0.25, -0.2) is 8.78 Å². The van der Waals surface area contributed by atoms with E-state index in [0.717, 1.165) is 0 Å². The first kappa shape index (κ1) is 11.2. The third-order valence-electron chi connectivity index (χ3n) is 1.65. The Balaban J connectivity index is 2.60. The number of alkyl halides is 2. The maximum atomic E-state index is 12.3. The molecule has 4 nitrogen and oxygen atoms in total. The number of hydrogen-bond donors (Lipinski definition) is 2. The molecule has 1 rings (SSSR count). The van der Waals surface area contributed by atoms with Crippen LogP contribution in [0.5, 0.6) is 0 Å². The van der Waals surface area contributed by atoms with Gasteiger partial charge in [-0.15, -0.1) is 0 Å². The van der Waals surface area contributed by atoms with Crippen molar-refractivity contribution in [1.82, 2.24) is 15.5 Å². The summed E-state index contributed by atoms with van der Waals surface area (Å²) < 4.78 is 24.6. The van der Waals surface area contributed by atoms with E-state index < -0.39 is 12.3 Å². The number of aromatic nitrogens is 2. The molecule has 6 heteroatoms. The molecule has 0 saturated carbocycles. The minimum Gasteiger partial charge on any atom is -0.341 e. The lowest BCUT2D eigenvalue weighted by atomic mass is 10.2. The van der Waals surface area contributed by atoms with Crippen LogP contribution in [0.15, 0.2) is 6.20 Å². The third kappa shape index (κ3) is 3.06. The lowest BCUT2D eigenvalue weighted by Gasteiger charge is -2.01. The topological polar surface area (TPSA) is 57.8 Å².